The summed E-state index contributed by atoms with van der Waals surface area (Å²) in [7, 11) is 0. The highest BCUT2D eigenvalue weighted by Gasteiger charge is 2.42. The lowest BCUT2D eigenvalue weighted by Gasteiger charge is -2.38. The predicted octanol–water partition coefficient (Wildman–Crippen LogP) is 3.78. The monoisotopic (exact) mass is 260 g/mol. The molecule has 0 amide bonds. The average molecular weight is 260 g/mol. The molecule has 1 N–H and O–H groups in total. The van der Waals surface area contributed by atoms with Crippen LogP contribution in [0, 0.1) is 5.41 Å². The Hall–Kier alpha value is -1.15. The van der Waals surface area contributed by atoms with Gasteiger partial charge in [0.15, 0.2) is 0 Å². The Bertz CT molecular complexity index is 484. The van der Waals surface area contributed by atoms with Crippen molar-refractivity contribution in [2.24, 2.45) is 5.41 Å². The Morgan fingerprint density at radius 3 is 2.58 bits per heavy atom. The van der Waals surface area contributed by atoms with E-state index in [1.165, 1.54) is 0 Å². The Balaban J connectivity index is 2.38. The molecule has 2 rings (SSSR count). The van der Waals surface area contributed by atoms with Gasteiger partial charge in [0, 0.05) is 6.42 Å². The number of fused-ring (bicyclic) bond motifs is 1. The van der Waals surface area contributed by atoms with E-state index in [0.29, 0.717) is 0 Å². The molecule has 0 heterocycles. The molecule has 104 valence electrons. The van der Waals surface area contributed by atoms with Crippen molar-refractivity contribution < 1.29 is 9.90 Å². The lowest BCUT2D eigenvalue weighted by molar-refractivity contribution is -0.127. The lowest BCUT2D eigenvalue weighted by Crippen LogP contribution is -2.39. The van der Waals surface area contributed by atoms with Crippen LogP contribution in [0.3, 0.4) is 0 Å². The molecular weight excluding hydrogens is 236 g/mol. The largest absolute Gasteiger partial charge is 0.388 e. The molecule has 0 saturated heterocycles. The third-order valence-corrected chi connectivity index (χ3v) is 4.28. The second-order valence-electron chi connectivity index (χ2n) is 7.12. The van der Waals surface area contributed by atoms with Crippen molar-refractivity contribution in [1.82, 2.24) is 0 Å². The third-order valence-electron chi connectivity index (χ3n) is 4.28. The van der Waals surface area contributed by atoms with Crippen LogP contribution in [0.4, 0.5) is 0 Å². The molecular formula is C17H24O2. The van der Waals surface area contributed by atoms with Crippen LogP contribution in [0.25, 0.3) is 0 Å². The fourth-order valence-electron chi connectivity index (χ4n) is 2.85. The van der Waals surface area contributed by atoms with E-state index in [0.717, 1.165) is 24.0 Å². The summed E-state index contributed by atoms with van der Waals surface area (Å²) in [6.07, 6.45) is 1.46. The highest BCUT2D eigenvalue weighted by molar-refractivity contribution is 5.92. The van der Waals surface area contributed by atoms with Gasteiger partial charge in [0.2, 0.25) is 0 Å². The van der Waals surface area contributed by atoms with Gasteiger partial charge in [-0.2, -0.15) is 0 Å². The van der Waals surface area contributed by atoms with Gasteiger partial charge in [-0.3, -0.25) is 4.79 Å². The predicted molar refractivity (Wildman–Crippen MR) is 77.1 cm³/mol. The highest BCUT2D eigenvalue weighted by Crippen LogP contribution is 2.43. The molecule has 0 aromatic heterocycles. The van der Waals surface area contributed by atoms with Gasteiger partial charge in [-0.1, -0.05) is 45.0 Å². The van der Waals surface area contributed by atoms with Crippen molar-refractivity contribution in [3.63, 3.8) is 0 Å². The van der Waals surface area contributed by atoms with E-state index in [1.807, 2.05) is 31.2 Å². The number of Topliss-reactive ketones (excluding diaryl/α,β-unsaturated/α-hetero) is 1. The molecule has 1 aromatic rings. The number of hydrogen-bond acceptors (Lipinski definition) is 2. The van der Waals surface area contributed by atoms with Crippen molar-refractivity contribution in [1.29, 1.82) is 0 Å². The molecule has 1 aliphatic rings. The first-order chi connectivity index (χ1) is 8.74. The van der Waals surface area contributed by atoms with Crippen LogP contribution >= 0.6 is 0 Å². The number of ketones is 1. The first kappa shape index (κ1) is 14.3. The van der Waals surface area contributed by atoms with Gasteiger partial charge in [-0.05, 0) is 36.3 Å². The molecule has 2 nitrogen and oxygen atoms in total. The van der Waals surface area contributed by atoms with E-state index in [4.69, 9.17) is 0 Å². The number of aliphatic hydroxyl groups excluding tert-OH is 1. The van der Waals surface area contributed by atoms with Crippen LogP contribution in [0.15, 0.2) is 24.3 Å². The zero-order valence-electron chi connectivity index (χ0n) is 12.4. The highest BCUT2D eigenvalue weighted by atomic mass is 16.3. The molecule has 2 atom stereocenters. The summed E-state index contributed by atoms with van der Waals surface area (Å²) in [6.45, 7) is 8.63. The second-order valence-corrected chi connectivity index (χ2v) is 7.12. The van der Waals surface area contributed by atoms with E-state index in [2.05, 4.69) is 20.8 Å². The molecule has 0 saturated carbocycles. The van der Waals surface area contributed by atoms with Crippen molar-refractivity contribution in [3.05, 3.63) is 35.4 Å². The van der Waals surface area contributed by atoms with E-state index in [-0.39, 0.29) is 17.6 Å². The fraction of sp³-hybridized carbons (Fsp3) is 0.588. The molecule has 1 aliphatic carbocycles. The molecule has 0 aliphatic heterocycles. The summed E-state index contributed by atoms with van der Waals surface area (Å²) in [6, 6.07) is 7.83. The summed E-state index contributed by atoms with van der Waals surface area (Å²) in [5, 5.41) is 10.1. The smallest absolute Gasteiger partial charge is 0.146 e. The Kier molecular flexibility index (Phi) is 3.57. The molecule has 0 bridgehead atoms. The maximum Gasteiger partial charge on any atom is 0.146 e. The standard InChI is InChI=1S/C17H24O2/c1-16(2,3)9-10-17(4)13-8-6-5-7-12(13)14(18)11-15(17)19/h5-8,14,18H,9-11H2,1-4H3. The van der Waals surface area contributed by atoms with E-state index in [1.54, 1.807) is 0 Å². The van der Waals surface area contributed by atoms with Crippen LogP contribution in [0.5, 0.6) is 0 Å². The molecule has 0 fully saturated rings. The minimum Gasteiger partial charge on any atom is -0.388 e. The number of aliphatic hydroxyl groups is 1. The Labute approximate surface area is 115 Å². The Morgan fingerprint density at radius 2 is 1.95 bits per heavy atom. The van der Waals surface area contributed by atoms with Gasteiger partial charge >= 0.3 is 0 Å². The van der Waals surface area contributed by atoms with Crippen LogP contribution in [-0.2, 0) is 10.2 Å². The topological polar surface area (TPSA) is 37.3 Å². The first-order valence-electron chi connectivity index (χ1n) is 7.05. The summed E-state index contributed by atoms with van der Waals surface area (Å²) in [4.78, 5) is 12.4. The minimum atomic E-state index is -0.633. The number of benzene rings is 1. The van der Waals surface area contributed by atoms with Crippen molar-refractivity contribution in [2.75, 3.05) is 0 Å². The van der Waals surface area contributed by atoms with Gasteiger partial charge in [0.25, 0.3) is 0 Å². The number of carbonyl (C=O) groups is 1. The number of hydrogen-bond donors (Lipinski definition) is 1. The van der Waals surface area contributed by atoms with Crippen molar-refractivity contribution in [2.45, 2.75) is 58.5 Å². The third kappa shape index (κ3) is 2.74. The van der Waals surface area contributed by atoms with Crippen LogP contribution in [-0.4, -0.2) is 10.9 Å². The average Bonchev–Trinajstić information content (AvgIpc) is 2.33. The van der Waals surface area contributed by atoms with Gasteiger partial charge in [0.1, 0.15) is 5.78 Å². The number of rotatable bonds is 2. The summed E-state index contributed by atoms with van der Waals surface area (Å²) in [5.41, 5.74) is 1.72. The molecule has 2 unspecified atom stereocenters. The minimum absolute atomic E-state index is 0.169. The zero-order chi connectivity index (χ0) is 14.3. The molecule has 0 spiro atoms. The van der Waals surface area contributed by atoms with Gasteiger partial charge in [-0.15, -0.1) is 0 Å². The lowest BCUT2D eigenvalue weighted by atomic mass is 9.65. The fourth-order valence-corrected chi connectivity index (χ4v) is 2.85. The van der Waals surface area contributed by atoms with E-state index < -0.39 is 11.5 Å². The van der Waals surface area contributed by atoms with E-state index in [9.17, 15) is 9.90 Å². The zero-order valence-corrected chi connectivity index (χ0v) is 12.4. The van der Waals surface area contributed by atoms with Crippen LogP contribution in [0.1, 0.15) is 64.2 Å². The van der Waals surface area contributed by atoms with Gasteiger partial charge in [-0.25, -0.2) is 0 Å². The van der Waals surface area contributed by atoms with Gasteiger partial charge in [0.05, 0.1) is 11.5 Å². The molecule has 2 heteroatoms. The molecule has 19 heavy (non-hydrogen) atoms. The molecule has 1 aromatic carbocycles. The summed E-state index contributed by atoms with van der Waals surface area (Å²) < 4.78 is 0. The number of carbonyl (C=O) groups excluding carboxylic acids is 1. The summed E-state index contributed by atoms with van der Waals surface area (Å²) in [5.74, 6) is 0.169. The first-order valence-corrected chi connectivity index (χ1v) is 7.05. The van der Waals surface area contributed by atoms with Gasteiger partial charge < -0.3 is 5.11 Å². The SMILES string of the molecule is CC(C)(C)CCC1(C)C(=O)CC(O)c2ccccc21. The van der Waals surface area contributed by atoms with Crippen LogP contribution in [0.2, 0.25) is 0 Å². The maximum atomic E-state index is 12.4. The van der Waals surface area contributed by atoms with Crippen molar-refractivity contribution in [3.8, 4) is 0 Å². The Morgan fingerprint density at radius 1 is 1.32 bits per heavy atom. The normalized spacial score (nSPS) is 27.2. The van der Waals surface area contributed by atoms with Crippen LogP contribution < -0.4 is 0 Å². The molecule has 0 radical (unpaired) electrons. The second kappa shape index (κ2) is 4.75. The van der Waals surface area contributed by atoms with E-state index >= 15 is 0 Å². The quantitative estimate of drug-likeness (QED) is 0.878. The maximum absolute atomic E-state index is 12.4. The van der Waals surface area contributed by atoms with Crippen molar-refractivity contribution >= 4 is 5.78 Å². The summed E-state index contributed by atoms with van der Waals surface area (Å²) >= 11 is 0.